The van der Waals surface area contributed by atoms with Crippen molar-refractivity contribution in [3.63, 3.8) is 0 Å². The molecule has 0 radical (unpaired) electrons. The monoisotopic (exact) mass is 515 g/mol. The first kappa shape index (κ1) is 27.5. The second-order valence-electron chi connectivity index (χ2n) is 9.47. The van der Waals surface area contributed by atoms with Gasteiger partial charge in [0.05, 0.1) is 18.4 Å². The van der Waals surface area contributed by atoms with Crippen molar-refractivity contribution in [1.82, 2.24) is 14.7 Å². The number of ether oxygens (including phenoxy) is 1. The lowest BCUT2D eigenvalue weighted by Crippen LogP contribution is -2.54. The van der Waals surface area contributed by atoms with Gasteiger partial charge < -0.3 is 9.84 Å². The molecule has 2 aromatic rings. The summed E-state index contributed by atoms with van der Waals surface area (Å²) in [5.41, 5.74) is 3.88. The summed E-state index contributed by atoms with van der Waals surface area (Å²) < 4.78 is 39.8. The molecule has 0 spiro atoms. The molecule has 0 unspecified atom stereocenters. The number of rotatable bonds is 4. The van der Waals surface area contributed by atoms with Crippen molar-refractivity contribution in [1.29, 1.82) is 0 Å². The highest BCUT2D eigenvalue weighted by molar-refractivity contribution is 6.30. The van der Waals surface area contributed by atoms with Crippen LogP contribution in [0.25, 0.3) is 0 Å². The number of alkyl halides is 3. The molecule has 4 rings (SSSR count). The molecule has 2 aliphatic rings. The van der Waals surface area contributed by atoms with Crippen LogP contribution >= 0.6 is 11.6 Å². The summed E-state index contributed by atoms with van der Waals surface area (Å²) >= 11 is 6.06. The maximum absolute atomic E-state index is 10.6. The first-order valence-electron chi connectivity index (χ1n) is 11.9. The number of carboxylic acids is 1. The SMILES string of the molecule is Cc1cc(C2CCC(N3C[C@H](C)OC[C@@H]3Cc3ccc(Cl)cc3)CC2)nn1C.O=C(O)C(F)(F)F. The summed E-state index contributed by atoms with van der Waals surface area (Å²) in [5, 5.41) is 12.7. The van der Waals surface area contributed by atoms with Crippen LogP contribution < -0.4 is 0 Å². The van der Waals surface area contributed by atoms with Crippen LogP contribution in [-0.4, -0.2) is 63.3 Å². The number of carbonyl (C=O) groups is 1. The Morgan fingerprint density at radius 3 is 2.31 bits per heavy atom. The van der Waals surface area contributed by atoms with Gasteiger partial charge in [-0.2, -0.15) is 18.3 Å². The molecule has 1 saturated carbocycles. The average molecular weight is 516 g/mol. The van der Waals surface area contributed by atoms with Gasteiger partial charge in [-0.25, -0.2) is 4.79 Å². The van der Waals surface area contributed by atoms with Crippen LogP contribution in [0, 0.1) is 6.92 Å². The normalized spacial score (nSPS) is 25.6. The quantitative estimate of drug-likeness (QED) is 0.592. The molecular weight excluding hydrogens is 483 g/mol. The number of aromatic nitrogens is 2. The van der Waals surface area contributed by atoms with Crippen molar-refractivity contribution in [3.05, 3.63) is 52.3 Å². The lowest BCUT2D eigenvalue weighted by atomic mass is 9.82. The number of carboxylic acid groups (broad SMARTS) is 1. The van der Waals surface area contributed by atoms with Gasteiger partial charge in [0.1, 0.15) is 0 Å². The maximum atomic E-state index is 10.6. The third-order valence-corrected chi connectivity index (χ3v) is 7.11. The summed E-state index contributed by atoms with van der Waals surface area (Å²) in [7, 11) is 2.04. The number of morpholine rings is 1. The predicted molar refractivity (Wildman–Crippen MR) is 128 cm³/mol. The second kappa shape index (κ2) is 11.8. The van der Waals surface area contributed by atoms with E-state index in [1.165, 1.54) is 42.6 Å². The lowest BCUT2D eigenvalue weighted by Gasteiger charge is -2.45. The molecule has 194 valence electrons. The zero-order valence-corrected chi connectivity index (χ0v) is 21.0. The highest BCUT2D eigenvalue weighted by Crippen LogP contribution is 2.36. The Labute approximate surface area is 209 Å². The van der Waals surface area contributed by atoms with E-state index in [0.29, 0.717) is 24.1 Å². The molecule has 10 heteroatoms. The van der Waals surface area contributed by atoms with Crippen LogP contribution in [0.2, 0.25) is 5.02 Å². The van der Waals surface area contributed by atoms with Gasteiger partial charge in [-0.3, -0.25) is 9.58 Å². The van der Waals surface area contributed by atoms with E-state index in [1.54, 1.807) is 0 Å². The molecule has 6 nitrogen and oxygen atoms in total. The van der Waals surface area contributed by atoms with Gasteiger partial charge in [-0.15, -0.1) is 0 Å². The second-order valence-corrected chi connectivity index (χ2v) is 9.90. The molecule has 0 amide bonds. The van der Waals surface area contributed by atoms with E-state index >= 15 is 0 Å². The molecular formula is C25H33ClF3N3O3. The lowest BCUT2D eigenvalue weighted by molar-refractivity contribution is -0.192. The van der Waals surface area contributed by atoms with E-state index in [1.807, 2.05) is 23.9 Å². The zero-order chi connectivity index (χ0) is 25.8. The van der Waals surface area contributed by atoms with Crippen molar-refractivity contribution in [2.45, 2.75) is 76.2 Å². The number of hydrogen-bond acceptors (Lipinski definition) is 4. The smallest absolute Gasteiger partial charge is 0.475 e. The molecule has 1 N–H and O–H groups in total. The molecule has 2 fully saturated rings. The third kappa shape index (κ3) is 7.69. The van der Waals surface area contributed by atoms with Gasteiger partial charge in [-0.05, 0) is 69.7 Å². The summed E-state index contributed by atoms with van der Waals surface area (Å²) in [6.45, 7) is 6.20. The number of nitrogens with zero attached hydrogens (tertiary/aromatic N) is 3. The van der Waals surface area contributed by atoms with Gasteiger partial charge in [0.2, 0.25) is 0 Å². The Hall–Kier alpha value is -2.10. The molecule has 35 heavy (non-hydrogen) atoms. The molecule has 0 bridgehead atoms. The molecule has 2 heterocycles. The Balaban J connectivity index is 0.000000429. The average Bonchev–Trinajstić information content (AvgIpc) is 3.14. The maximum Gasteiger partial charge on any atom is 0.490 e. The van der Waals surface area contributed by atoms with Crippen molar-refractivity contribution in [3.8, 4) is 0 Å². The topological polar surface area (TPSA) is 67.6 Å². The van der Waals surface area contributed by atoms with Gasteiger partial charge >= 0.3 is 12.1 Å². The van der Waals surface area contributed by atoms with Crippen molar-refractivity contribution in [2.24, 2.45) is 7.05 Å². The van der Waals surface area contributed by atoms with Gasteiger partial charge in [0.25, 0.3) is 0 Å². The number of halogens is 4. The first-order chi connectivity index (χ1) is 16.4. The van der Waals surface area contributed by atoms with E-state index in [-0.39, 0.29) is 0 Å². The molecule has 1 aliphatic heterocycles. The van der Waals surface area contributed by atoms with Crippen molar-refractivity contribution < 1.29 is 27.8 Å². The fraction of sp³-hybridized carbons (Fsp3) is 0.600. The Bertz CT molecular complexity index is 953. The minimum Gasteiger partial charge on any atom is -0.475 e. The van der Waals surface area contributed by atoms with E-state index in [9.17, 15) is 13.2 Å². The van der Waals surface area contributed by atoms with E-state index in [4.69, 9.17) is 31.3 Å². The number of aliphatic carboxylic acids is 1. The number of hydrogen-bond donors (Lipinski definition) is 1. The van der Waals surface area contributed by atoms with Crippen LogP contribution in [-0.2, 0) is 23.0 Å². The van der Waals surface area contributed by atoms with Crippen LogP contribution in [0.4, 0.5) is 13.2 Å². The fourth-order valence-corrected chi connectivity index (χ4v) is 5.00. The Kier molecular flexibility index (Phi) is 9.23. The van der Waals surface area contributed by atoms with Crippen molar-refractivity contribution >= 4 is 17.6 Å². The number of aryl methyl sites for hydroxylation is 2. The summed E-state index contributed by atoms with van der Waals surface area (Å²) in [6, 6.07) is 11.7. The van der Waals surface area contributed by atoms with Gasteiger partial charge in [0, 0.05) is 42.3 Å². The van der Waals surface area contributed by atoms with Crippen LogP contribution in [0.15, 0.2) is 30.3 Å². The third-order valence-electron chi connectivity index (χ3n) is 6.85. The summed E-state index contributed by atoms with van der Waals surface area (Å²) in [6.07, 6.45) is 1.25. The molecule has 2 atom stereocenters. The van der Waals surface area contributed by atoms with Crippen LogP contribution in [0.3, 0.4) is 0 Å². The Morgan fingerprint density at radius 2 is 1.80 bits per heavy atom. The predicted octanol–water partition coefficient (Wildman–Crippen LogP) is 5.37. The highest BCUT2D eigenvalue weighted by atomic mass is 35.5. The largest absolute Gasteiger partial charge is 0.490 e. The fourth-order valence-electron chi connectivity index (χ4n) is 4.88. The summed E-state index contributed by atoms with van der Waals surface area (Å²) in [4.78, 5) is 11.6. The minimum absolute atomic E-state index is 0.317. The number of benzene rings is 1. The van der Waals surface area contributed by atoms with E-state index in [2.05, 4.69) is 36.9 Å². The highest BCUT2D eigenvalue weighted by Gasteiger charge is 2.38. The van der Waals surface area contributed by atoms with Gasteiger partial charge in [-0.1, -0.05) is 23.7 Å². The Morgan fingerprint density at radius 1 is 1.20 bits per heavy atom. The van der Waals surface area contributed by atoms with Crippen LogP contribution in [0.1, 0.15) is 55.5 Å². The van der Waals surface area contributed by atoms with E-state index < -0.39 is 12.1 Å². The van der Waals surface area contributed by atoms with Gasteiger partial charge in [0.15, 0.2) is 0 Å². The molecule has 1 aliphatic carbocycles. The van der Waals surface area contributed by atoms with Crippen LogP contribution in [0.5, 0.6) is 0 Å². The van der Waals surface area contributed by atoms with Crippen molar-refractivity contribution in [2.75, 3.05) is 13.2 Å². The zero-order valence-electron chi connectivity index (χ0n) is 20.3. The standard InChI is InChI=1S/C23H32ClN3O.C2HF3O2/c1-16-12-23(25-26(16)3)19-6-10-21(11-7-19)27-14-17(2)28-15-22(27)13-18-4-8-20(24)9-5-18;3-2(4,5)1(6)7/h4-5,8-9,12,17,19,21-22H,6-7,10-11,13-15H2,1-3H3;(H,6,7)/t17-,19?,21?,22-;/m0./s1. The molecule has 1 aromatic carbocycles. The summed E-state index contributed by atoms with van der Waals surface area (Å²) in [5.74, 6) is -2.14. The van der Waals surface area contributed by atoms with E-state index in [0.717, 1.165) is 24.6 Å². The first-order valence-corrected chi connectivity index (χ1v) is 12.2. The molecule has 1 aromatic heterocycles. The minimum atomic E-state index is -5.08. The molecule has 1 saturated heterocycles.